The third-order valence-electron chi connectivity index (χ3n) is 6.96. The Morgan fingerprint density at radius 2 is 1.84 bits per heavy atom. The van der Waals surface area contributed by atoms with E-state index in [0.717, 1.165) is 59.1 Å². The predicted octanol–water partition coefficient (Wildman–Crippen LogP) is 4.64. The average molecular weight is 525 g/mol. The van der Waals surface area contributed by atoms with Gasteiger partial charge in [0.15, 0.2) is 0 Å². The lowest BCUT2D eigenvalue weighted by molar-refractivity contribution is -0.145. The van der Waals surface area contributed by atoms with Crippen LogP contribution in [0.4, 0.5) is 10.1 Å². The van der Waals surface area contributed by atoms with Crippen LogP contribution in [0.15, 0.2) is 36.5 Å². The van der Waals surface area contributed by atoms with Gasteiger partial charge in [0.25, 0.3) is 5.91 Å². The van der Waals surface area contributed by atoms with E-state index in [9.17, 15) is 14.0 Å². The zero-order valence-corrected chi connectivity index (χ0v) is 22.3. The number of aryl methyl sites for hydroxylation is 2. The molecule has 1 aliphatic rings. The summed E-state index contributed by atoms with van der Waals surface area (Å²) in [5, 5.41) is 12.0. The third kappa shape index (κ3) is 6.69. The highest BCUT2D eigenvalue weighted by atomic mass is 19.1. The maximum atomic E-state index is 13.7. The molecule has 0 spiro atoms. The summed E-state index contributed by atoms with van der Waals surface area (Å²) in [5.74, 6) is -0.530. The van der Waals surface area contributed by atoms with Gasteiger partial charge in [-0.2, -0.15) is 5.10 Å². The van der Waals surface area contributed by atoms with Gasteiger partial charge in [-0.3, -0.25) is 19.3 Å². The van der Waals surface area contributed by atoms with Crippen LogP contribution in [0.3, 0.4) is 0 Å². The molecule has 1 aliphatic heterocycles. The van der Waals surface area contributed by atoms with E-state index in [1.807, 2.05) is 46.8 Å². The SMILES string of the molecule is C.CCCCCNC(=O)CN(CC(=O)N(C)N1Cc2ccc(F)cc2C1)c1cc2cn(CC)nc2cc1C. The number of amides is 2. The lowest BCUT2D eigenvalue weighted by Crippen LogP contribution is -2.48. The molecule has 2 amide bonds. The van der Waals surface area contributed by atoms with Crippen molar-refractivity contribution < 1.29 is 14.0 Å². The van der Waals surface area contributed by atoms with Gasteiger partial charge in [-0.25, -0.2) is 9.40 Å². The van der Waals surface area contributed by atoms with Crippen LogP contribution in [-0.2, 0) is 29.2 Å². The van der Waals surface area contributed by atoms with Crippen molar-refractivity contribution in [2.75, 3.05) is 31.6 Å². The average Bonchev–Trinajstić information content (AvgIpc) is 3.48. The van der Waals surface area contributed by atoms with Crippen molar-refractivity contribution in [3.05, 3.63) is 59.0 Å². The van der Waals surface area contributed by atoms with E-state index >= 15 is 0 Å². The topological polar surface area (TPSA) is 73.7 Å². The molecule has 1 N–H and O–H groups in total. The number of aromatic nitrogens is 2. The summed E-state index contributed by atoms with van der Waals surface area (Å²) in [6, 6.07) is 8.76. The fraction of sp³-hybridized carbons (Fsp3) is 0.483. The second kappa shape index (κ2) is 12.9. The first-order valence-corrected chi connectivity index (χ1v) is 13.1. The minimum atomic E-state index is -0.275. The van der Waals surface area contributed by atoms with E-state index < -0.39 is 0 Å². The van der Waals surface area contributed by atoms with Gasteiger partial charge in [0.05, 0.1) is 18.6 Å². The Balaban J connectivity index is 0.00000400. The Morgan fingerprint density at radius 3 is 2.58 bits per heavy atom. The normalized spacial score (nSPS) is 12.8. The summed E-state index contributed by atoms with van der Waals surface area (Å²) in [5.41, 5.74) is 4.57. The number of hydrogen-bond acceptors (Lipinski definition) is 5. The first-order valence-electron chi connectivity index (χ1n) is 13.1. The number of unbranched alkanes of at least 4 members (excludes halogenated alkanes) is 2. The predicted molar refractivity (Wildman–Crippen MR) is 150 cm³/mol. The molecule has 0 saturated carbocycles. The highest BCUT2D eigenvalue weighted by Crippen LogP contribution is 2.28. The van der Waals surface area contributed by atoms with Crippen molar-refractivity contribution in [3.8, 4) is 0 Å². The number of hydrogen-bond donors (Lipinski definition) is 1. The number of rotatable bonds is 11. The van der Waals surface area contributed by atoms with Crippen LogP contribution in [0, 0.1) is 12.7 Å². The van der Waals surface area contributed by atoms with E-state index in [4.69, 9.17) is 0 Å². The number of likely N-dealkylation sites (N-methyl/N-ethyl adjacent to an activating group) is 1. The molecular weight excluding hydrogens is 483 g/mol. The molecule has 206 valence electrons. The summed E-state index contributed by atoms with van der Waals surface area (Å²) < 4.78 is 15.6. The Kier molecular flexibility index (Phi) is 9.85. The van der Waals surface area contributed by atoms with Crippen molar-refractivity contribution >= 4 is 28.4 Å². The van der Waals surface area contributed by atoms with Crippen LogP contribution in [0.25, 0.3) is 10.9 Å². The molecule has 4 rings (SSSR count). The smallest absolute Gasteiger partial charge is 0.256 e. The summed E-state index contributed by atoms with van der Waals surface area (Å²) in [4.78, 5) is 28.2. The number of halogens is 1. The number of fused-ring (bicyclic) bond motifs is 2. The second-order valence-electron chi connectivity index (χ2n) is 9.75. The minimum Gasteiger partial charge on any atom is -0.355 e. The Morgan fingerprint density at radius 1 is 1.08 bits per heavy atom. The number of carbonyl (C=O) groups is 2. The molecule has 0 aliphatic carbocycles. The molecule has 0 radical (unpaired) electrons. The molecule has 9 heteroatoms. The fourth-order valence-corrected chi connectivity index (χ4v) is 4.76. The van der Waals surface area contributed by atoms with Crippen LogP contribution < -0.4 is 10.2 Å². The van der Waals surface area contributed by atoms with E-state index in [1.165, 1.54) is 12.1 Å². The van der Waals surface area contributed by atoms with Crippen LogP contribution in [0.2, 0.25) is 0 Å². The Hall–Kier alpha value is -3.46. The number of anilines is 1. The van der Waals surface area contributed by atoms with Crippen LogP contribution in [0.1, 0.15) is 57.2 Å². The maximum absolute atomic E-state index is 13.7. The van der Waals surface area contributed by atoms with Crippen LogP contribution in [0.5, 0.6) is 0 Å². The molecule has 0 unspecified atom stereocenters. The molecule has 38 heavy (non-hydrogen) atoms. The number of carbonyl (C=O) groups excluding carboxylic acids is 2. The van der Waals surface area contributed by atoms with Crippen LogP contribution in [-0.4, -0.2) is 58.3 Å². The maximum Gasteiger partial charge on any atom is 0.256 e. The quantitative estimate of drug-likeness (QED) is 0.370. The highest BCUT2D eigenvalue weighted by Gasteiger charge is 2.27. The van der Waals surface area contributed by atoms with E-state index in [0.29, 0.717) is 19.6 Å². The molecule has 8 nitrogen and oxygen atoms in total. The third-order valence-corrected chi connectivity index (χ3v) is 6.96. The van der Waals surface area contributed by atoms with Gasteiger partial charge in [0.1, 0.15) is 5.82 Å². The molecule has 2 aromatic carbocycles. The first-order chi connectivity index (χ1) is 17.8. The van der Waals surface area contributed by atoms with Gasteiger partial charge in [-0.05, 0) is 61.2 Å². The lowest BCUT2D eigenvalue weighted by Gasteiger charge is -2.32. The fourth-order valence-electron chi connectivity index (χ4n) is 4.76. The van der Waals surface area contributed by atoms with Crippen molar-refractivity contribution in [1.29, 1.82) is 0 Å². The molecular formula is C29H41FN6O2. The molecule has 2 heterocycles. The Bertz CT molecular complexity index is 1270. The summed E-state index contributed by atoms with van der Waals surface area (Å²) in [6.45, 7) is 8.64. The standard InChI is InChI=1S/C28H37FN6O2.CH4/c1-5-7-8-11-30-27(36)18-33(26-14-23-15-34(6-2)31-25(23)12-20(26)3)19-28(37)32(4)35-16-21-9-10-24(29)13-22(21)17-35;/h9-10,12-15H,5-8,11,16-19H2,1-4H3,(H,30,36);1H4. The number of nitrogens with one attached hydrogen (secondary N) is 1. The summed E-state index contributed by atoms with van der Waals surface area (Å²) in [7, 11) is 1.73. The minimum absolute atomic E-state index is 0. The highest BCUT2D eigenvalue weighted by molar-refractivity contribution is 5.90. The van der Waals surface area contributed by atoms with Crippen molar-refractivity contribution in [3.63, 3.8) is 0 Å². The van der Waals surface area contributed by atoms with Gasteiger partial charge in [0.2, 0.25) is 5.91 Å². The van der Waals surface area contributed by atoms with E-state index in [2.05, 4.69) is 17.3 Å². The number of hydrazine groups is 1. The Labute approximate surface area is 225 Å². The molecule has 0 atom stereocenters. The molecule has 3 aromatic rings. The summed E-state index contributed by atoms with van der Waals surface area (Å²) >= 11 is 0. The van der Waals surface area contributed by atoms with Crippen molar-refractivity contribution in [1.82, 2.24) is 25.1 Å². The molecule has 0 fully saturated rings. The molecule has 1 aromatic heterocycles. The monoisotopic (exact) mass is 524 g/mol. The number of nitrogens with zero attached hydrogens (tertiary/aromatic N) is 5. The molecule has 0 saturated heterocycles. The van der Waals surface area contributed by atoms with Crippen molar-refractivity contribution in [2.24, 2.45) is 0 Å². The van der Waals surface area contributed by atoms with E-state index in [1.54, 1.807) is 18.1 Å². The lowest BCUT2D eigenvalue weighted by atomic mass is 10.1. The first kappa shape index (κ1) is 29.1. The van der Waals surface area contributed by atoms with Crippen LogP contribution >= 0.6 is 0 Å². The molecule has 0 bridgehead atoms. The number of benzene rings is 2. The summed E-state index contributed by atoms with van der Waals surface area (Å²) in [6.07, 6.45) is 5.06. The largest absolute Gasteiger partial charge is 0.355 e. The van der Waals surface area contributed by atoms with Gasteiger partial charge >= 0.3 is 0 Å². The van der Waals surface area contributed by atoms with E-state index in [-0.39, 0.29) is 38.1 Å². The van der Waals surface area contributed by atoms with Gasteiger partial charge in [-0.15, -0.1) is 0 Å². The second-order valence-corrected chi connectivity index (χ2v) is 9.75. The van der Waals surface area contributed by atoms with Gasteiger partial charge in [0, 0.05) is 50.5 Å². The zero-order chi connectivity index (χ0) is 26.5. The van der Waals surface area contributed by atoms with Gasteiger partial charge < -0.3 is 10.2 Å². The van der Waals surface area contributed by atoms with Crippen molar-refractivity contribution in [2.45, 2.75) is 67.1 Å². The zero-order valence-electron chi connectivity index (χ0n) is 22.3. The van der Waals surface area contributed by atoms with Gasteiger partial charge in [-0.1, -0.05) is 33.3 Å².